The van der Waals surface area contributed by atoms with E-state index in [9.17, 15) is 9.90 Å². The first-order valence-electron chi connectivity index (χ1n) is 6.58. The second kappa shape index (κ2) is 8.74. The van der Waals surface area contributed by atoms with Gasteiger partial charge in [0.2, 0.25) is 5.91 Å². The monoisotopic (exact) mass is 276 g/mol. The molecule has 5 nitrogen and oxygen atoms in total. The number of nitrogens with two attached hydrogens (primary N) is 1. The number of hydrogen-bond acceptors (Lipinski definition) is 5. The molecule has 18 heavy (non-hydrogen) atoms. The largest absolute Gasteiger partial charge is 0.393 e. The third-order valence-electron chi connectivity index (χ3n) is 3.38. The minimum Gasteiger partial charge on any atom is -0.393 e. The minimum atomic E-state index is -0.360. The number of hydrogen-bond donors (Lipinski definition) is 4. The summed E-state index contributed by atoms with van der Waals surface area (Å²) in [7, 11) is 0. The summed E-state index contributed by atoms with van der Waals surface area (Å²) in [6.07, 6.45) is 5.01. The lowest BCUT2D eigenvalue weighted by molar-refractivity contribution is -0.127. The van der Waals surface area contributed by atoms with Crippen LogP contribution in [0.25, 0.3) is 0 Å². The molecule has 4 N–H and O–H groups in total. The maximum atomic E-state index is 12.1. The van der Waals surface area contributed by atoms with Crippen LogP contribution in [-0.4, -0.2) is 35.5 Å². The Morgan fingerprint density at radius 3 is 2.83 bits per heavy atom. The van der Waals surface area contributed by atoms with Crippen molar-refractivity contribution < 1.29 is 14.7 Å². The molecule has 0 bridgehead atoms. The zero-order valence-electron chi connectivity index (χ0n) is 10.7. The van der Waals surface area contributed by atoms with E-state index in [0.717, 1.165) is 32.1 Å². The second-order valence-corrected chi connectivity index (χ2v) is 5.31. The maximum absolute atomic E-state index is 12.1. The Labute approximate surface area is 114 Å². The van der Waals surface area contributed by atoms with Gasteiger partial charge in [0.25, 0.3) is 0 Å². The molecule has 106 valence electrons. The van der Waals surface area contributed by atoms with Crippen molar-refractivity contribution in [2.24, 2.45) is 11.8 Å². The molecule has 0 aromatic rings. The van der Waals surface area contributed by atoms with Gasteiger partial charge in [0.15, 0.2) is 0 Å². The average molecular weight is 276 g/mol. The van der Waals surface area contributed by atoms with Crippen LogP contribution in [0.5, 0.6) is 0 Å². The SMILES string of the molecule is NOCC(CS)NC(=O)C1CCCCCC(O)C1. The second-order valence-electron chi connectivity index (χ2n) is 4.95. The molecular weight excluding hydrogens is 252 g/mol. The molecule has 1 aliphatic carbocycles. The average Bonchev–Trinajstić information content (AvgIpc) is 2.32. The van der Waals surface area contributed by atoms with Crippen molar-refractivity contribution in [3.05, 3.63) is 0 Å². The van der Waals surface area contributed by atoms with Gasteiger partial charge < -0.3 is 15.3 Å². The molecule has 0 saturated heterocycles. The molecule has 1 fully saturated rings. The lowest BCUT2D eigenvalue weighted by atomic mass is 9.89. The van der Waals surface area contributed by atoms with Crippen LogP contribution in [0.1, 0.15) is 38.5 Å². The summed E-state index contributed by atoms with van der Waals surface area (Å²) in [5.74, 6) is 5.35. The highest BCUT2D eigenvalue weighted by molar-refractivity contribution is 7.80. The van der Waals surface area contributed by atoms with Gasteiger partial charge in [0, 0.05) is 11.7 Å². The number of aliphatic hydroxyl groups is 1. The minimum absolute atomic E-state index is 0.0212. The van der Waals surface area contributed by atoms with E-state index in [1.165, 1.54) is 0 Å². The highest BCUT2D eigenvalue weighted by Gasteiger charge is 2.24. The molecule has 0 aromatic carbocycles. The Bertz CT molecular complexity index is 253. The van der Waals surface area contributed by atoms with E-state index in [0.29, 0.717) is 12.2 Å². The van der Waals surface area contributed by atoms with Crippen molar-refractivity contribution in [3.63, 3.8) is 0 Å². The van der Waals surface area contributed by atoms with Crippen molar-refractivity contribution in [2.75, 3.05) is 12.4 Å². The Kier molecular flexibility index (Phi) is 7.65. The van der Waals surface area contributed by atoms with Crippen LogP contribution in [-0.2, 0) is 9.63 Å². The van der Waals surface area contributed by atoms with Crippen LogP contribution >= 0.6 is 12.6 Å². The van der Waals surface area contributed by atoms with Gasteiger partial charge in [-0.25, -0.2) is 5.90 Å². The van der Waals surface area contributed by atoms with Crippen LogP contribution in [0.3, 0.4) is 0 Å². The molecule has 6 heteroatoms. The van der Waals surface area contributed by atoms with E-state index in [1.807, 2.05) is 0 Å². The smallest absolute Gasteiger partial charge is 0.223 e. The van der Waals surface area contributed by atoms with Gasteiger partial charge in [-0.05, 0) is 19.3 Å². The maximum Gasteiger partial charge on any atom is 0.223 e. The van der Waals surface area contributed by atoms with Gasteiger partial charge in [-0.15, -0.1) is 0 Å². The van der Waals surface area contributed by atoms with E-state index >= 15 is 0 Å². The summed E-state index contributed by atoms with van der Waals surface area (Å²) in [4.78, 5) is 16.6. The van der Waals surface area contributed by atoms with E-state index in [4.69, 9.17) is 5.90 Å². The number of thiol groups is 1. The zero-order chi connectivity index (χ0) is 13.4. The first-order chi connectivity index (χ1) is 8.67. The van der Waals surface area contributed by atoms with Crippen molar-refractivity contribution in [2.45, 2.75) is 50.7 Å². The third kappa shape index (κ3) is 5.56. The molecule has 0 radical (unpaired) electrons. The van der Waals surface area contributed by atoms with Crippen molar-refractivity contribution >= 4 is 18.5 Å². The van der Waals surface area contributed by atoms with Gasteiger partial charge in [-0.2, -0.15) is 12.6 Å². The standard InChI is InChI=1S/C12H24N2O3S/c13-17-7-10(8-18)14-12(16)9-4-2-1-3-5-11(15)6-9/h9-11,15,18H,1-8,13H2,(H,14,16). The number of amides is 1. The van der Waals surface area contributed by atoms with E-state index in [2.05, 4.69) is 22.8 Å². The highest BCUT2D eigenvalue weighted by Crippen LogP contribution is 2.23. The van der Waals surface area contributed by atoms with Crippen molar-refractivity contribution in [1.82, 2.24) is 5.32 Å². The summed E-state index contributed by atoms with van der Waals surface area (Å²) < 4.78 is 0. The molecule has 1 saturated carbocycles. The van der Waals surface area contributed by atoms with Gasteiger partial charge in [-0.1, -0.05) is 19.3 Å². The fourth-order valence-electron chi connectivity index (χ4n) is 2.32. The lowest BCUT2D eigenvalue weighted by Gasteiger charge is -2.24. The summed E-state index contributed by atoms with van der Waals surface area (Å²) in [5, 5.41) is 12.7. The topological polar surface area (TPSA) is 84.6 Å². The third-order valence-corrected chi connectivity index (χ3v) is 3.82. The molecule has 1 aliphatic rings. The van der Waals surface area contributed by atoms with E-state index in [1.54, 1.807) is 0 Å². The van der Waals surface area contributed by atoms with Gasteiger partial charge in [0.05, 0.1) is 18.8 Å². The predicted molar refractivity (Wildman–Crippen MR) is 73.1 cm³/mol. The highest BCUT2D eigenvalue weighted by atomic mass is 32.1. The van der Waals surface area contributed by atoms with Gasteiger partial charge >= 0.3 is 0 Å². The van der Waals surface area contributed by atoms with Crippen molar-refractivity contribution in [1.29, 1.82) is 0 Å². The van der Waals surface area contributed by atoms with Crippen LogP contribution in [0.15, 0.2) is 0 Å². The van der Waals surface area contributed by atoms with Crippen LogP contribution in [0, 0.1) is 5.92 Å². The summed E-state index contributed by atoms with van der Waals surface area (Å²) in [5.41, 5.74) is 0. The van der Waals surface area contributed by atoms with Crippen molar-refractivity contribution in [3.8, 4) is 0 Å². The fourth-order valence-corrected chi connectivity index (χ4v) is 2.52. The summed E-state index contributed by atoms with van der Waals surface area (Å²) in [6, 6.07) is -0.173. The summed E-state index contributed by atoms with van der Waals surface area (Å²) >= 11 is 4.14. The molecule has 0 heterocycles. The van der Waals surface area contributed by atoms with E-state index in [-0.39, 0.29) is 30.6 Å². The molecule has 0 spiro atoms. The zero-order valence-corrected chi connectivity index (χ0v) is 11.6. The Morgan fingerprint density at radius 2 is 2.17 bits per heavy atom. The number of nitrogens with one attached hydrogen (secondary N) is 1. The molecule has 3 atom stereocenters. The quantitative estimate of drug-likeness (QED) is 0.438. The number of rotatable bonds is 5. The van der Waals surface area contributed by atoms with Crippen LogP contribution < -0.4 is 11.2 Å². The molecular formula is C12H24N2O3S. The van der Waals surface area contributed by atoms with Gasteiger partial charge in [0.1, 0.15) is 0 Å². The Hall–Kier alpha value is -0.300. The normalized spacial score (nSPS) is 27.1. The first-order valence-corrected chi connectivity index (χ1v) is 7.21. The molecule has 1 amide bonds. The lowest BCUT2D eigenvalue weighted by Crippen LogP contribution is -2.44. The predicted octanol–water partition coefficient (Wildman–Crippen LogP) is 0.623. The molecule has 3 unspecified atom stereocenters. The van der Waals surface area contributed by atoms with Crippen LogP contribution in [0.4, 0.5) is 0 Å². The number of carbonyl (C=O) groups is 1. The molecule has 0 aromatic heterocycles. The summed E-state index contributed by atoms with van der Waals surface area (Å²) in [6.45, 7) is 0.254. The number of aliphatic hydroxyl groups excluding tert-OH is 1. The fraction of sp³-hybridized carbons (Fsp3) is 0.917. The molecule has 0 aliphatic heterocycles. The van der Waals surface area contributed by atoms with Crippen LogP contribution in [0.2, 0.25) is 0 Å². The number of carbonyl (C=O) groups excluding carboxylic acids is 1. The Morgan fingerprint density at radius 1 is 1.44 bits per heavy atom. The first kappa shape index (κ1) is 15.8. The van der Waals surface area contributed by atoms with Gasteiger partial charge in [-0.3, -0.25) is 4.79 Å². The molecule has 1 rings (SSSR count). The Balaban J connectivity index is 2.46. The van der Waals surface area contributed by atoms with E-state index < -0.39 is 0 Å².